The molecule has 0 bridgehead atoms. The van der Waals surface area contributed by atoms with Gasteiger partial charge in [0.05, 0.1) is 16.6 Å². The lowest BCUT2D eigenvalue weighted by atomic mass is 10.0. The third-order valence-electron chi connectivity index (χ3n) is 3.10. The Morgan fingerprint density at radius 2 is 2.00 bits per heavy atom. The molecule has 4 nitrogen and oxygen atoms in total. The van der Waals surface area contributed by atoms with E-state index in [1.807, 2.05) is 31.4 Å². The topological polar surface area (TPSA) is 72.2 Å². The number of hydrogen-bond donors (Lipinski definition) is 2. The van der Waals surface area contributed by atoms with Gasteiger partial charge in [0.1, 0.15) is 5.82 Å². The molecule has 0 aliphatic heterocycles. The molecule has 114 valence electrons. The molecule has 1 unspecified atom stereocenters. The summed E-state index contributed by atoms with van der Waals surface area (Å²) in [5.41, 5.74) is 0.259. The summed E-state index contributed by atoms with van der Waals surface area (Å²) in [5.74, 6) is -0.385. The van der Waals surface area contributed by atoms with E-state index in [0.717, 1.165) is 10.9 Å². The van der Waals surface area contributed by atoms with E-state index in [1.165, 1.54) is 12.1 Å². The van der Waals surface area contributed by atoms with Crippen molar-refractivity contribution in [1.82, 2.24) is 0 Å². The number of halogens is 1. The van der Waals surface area contributed by atoms with Crippen LogP contribution in [-0.4, -0.2) is 8.42 Å². The van der Waals surface area contributed by atoms with Crippen LogP contribution in [-0.2, 0) is 10.0 Å². The summed E-state index contributed by atoms with van der Waals surface area (Å²) in [5, 5.41) is 10.1. The molecule has 1 aromatic heterocycles. The maximum atomic E-state index is 14.1. The number of hydrogen-bond acceptors (Lipinski definition) is 4. The first-order valence-corrected chi connectivity index (χ1v) is 8.84. The maximum Gasteiger partial charge on any atom is 0.238 e. The summed E-state index contributed by atoms with van der Waals surface area (Å²) in [7, 11) is -3.90. The van der Waals surface area contributed by atoms with Gasteiger partial charge in [0.25, 0.3) is 0 Å². The number of primary sulfonamides is 1. The lowest BCUT2D eigenvalue weighted by Gasteiger charge is -2.23. The predicted molar refractivity (Wildman–Crippen MR) is 83.3 cm³/mol. The Labute approximate surface area is 127 Å². The van der Waals surface area contributed by atoms with Crippen molar-refractivity contribution in [3.05, 3.63) is 46.4 Å². The van der Waals surface area contributed by atoms with Crippen molar-refractivity contribution in [3.63, 3.8) is 0 Å². The Kier molecular flexibility index (Phi) is 4.65. The molecule has 0 radical (unpaired) electrons. The highest BCUT2D eigenvalue weighted by Crippen LogP contribution is 2.31. The van der Waals surface area contributed by atoms with E-state index in [2.05, 4.69) is 5.32 Å². The van der Waals surface area contributed by atoms with Gasteiger partial charge >= 0.3 is 0 Å². The molecule has 0 spiro atoms. The first-order chi connectivity index (χ1) is 9.79. The SMILES string of the molecule is CC(C)C(Nc1ccc(S(N)(=O)=O)cc1F)c1cccs1. The van der Waals surface area contributed by atoms with Crippen LogP contribution >= 0.6 is 11.3 Å². The quantitative estimate of drug-likeness (QED) is 0.884. The molecule has 3 N–H and O–H groups in total. The molecule has 0 aliphatic rings. The van der Waals surface area contributed by atoms with Crippen LogP contribution in [0.3, 0.4) is 0 Å². The van der Waals surface area contributed by atoms with Crippen molar-refractivity contribution in [2.45, 2.75) is 24.8 Å². The molecule has 0 saturated carbocycles. The molecular formula is C14H17FN2O2S2. The van der Waals surface area contributed by atoms with Crippen molar-refractivity contribution >= 4 is 27.0 Å². The van der Waals surface area contributed by atoms with Crippen LogP contribution in [0.1, 0.15) is 24.8 Å². The number of nitrogens with one attached hydrogen (secondary N) is 1. The first-order valence-electron chi connectivity index (χ1n) is 6.41. The van der Waals surface area contributed by atoms with E-state index < -0.39 is 15.8 Å². The van der Waals surface area contributed by atoms with E-state index in [4.69, 9.17) is 5.14 Å². The number of rotatable bonds is 5. The Hall–Kier alpha value is -1.44. The standard InChI is InChI=1S/C14H17FN2O2S2/c1-9(2)14(13-4-3-7-20-13)17-12-6-5-10(8-11(12)15)21(16,18)19/h3-9,14,17H,1-2H3,(H2,16,18,19). The highest BCUT2D eigenvalue weighted by Gasteiger charge is 2.19. The third kappa shape index (κ3) is 3.81. The third-order valence-corrected chi connectivity index (χ3v) is 4.96. The summed E-state index contributed by atoms with van der Waals surface area (Å²) in [6.07, 6.45) is 0. The van der Waals surface area contributed by atoms with Crippen LogP contribution in [0.15, 0.2) is 40.6 Å². The molecule has 21 heavy (non-hydrogen) atoms. The van der Waals surface area contributed by atoms with E-state index in [-0.39, 0.29) is 22.5 Å². The maximum absolute atomic E-state index is 14.1. The van der Waals surface area contributed by atoms with E-state index in [1.54, 1.807) is 11.3 Å². The van der Waals surface area contributed by atoms with Gasteiger partial charge in [-0.3, -0.25) is 0 Å². The lowest BCUT2D eigenvalue weighted by Crippen LogP contribution is -2.17. The first kappa shape index (κ1) is 15.9. The van der Waals surface area contributed by atoms with Crippen LogP contribution in [0.4, 0.5) is 10.1 Å². The zero-order valence-electron chi connectivity index (χ0n) is 11.7. The van der Waals surface area contributed by atoms with Crippen molar-refractivity contribution in [3.8, 4) is 0 Å². The fourth-order valence-electron chi connectivity index (χ4n) is 1.99. The lowest BCUT2D eigenvalue weighted by molar-refractivity contribution is 0.545. The summed E-state index contributed by atoms with van der Waals surface area (Å²) >= 11 is 1.59. The Morgan fingerprint density at radius 1 is 1.29 bits per heavy atom. The molecule has 2 rings (SSSR count). The minimum absolute atomic E-state index is 0.0418. The van der Waals surface area contributed by atoms with Gasteiger partial charge in [-0.15, -0.1) is 11.3 Å². The molecule has 2 aromatic rings. The van der Waals surface area contributed by atoms with Gasteiger partial charge in [-0.1, -0.05) is 19.9 Å². The largest absolute Gasteiger partial charge is 0.375 e. The van der Waals surface area contributed by atoms with E-state index in [9.17, 15) is 12.8 Å². The molecule has 7 heteroatoms. The highest BCUT2D eigenvalue weighted by atomic mass is 32.2. The second-order valence-electron chi connectivity index (χ2n) is 5.07. The van der Waals surface area contributed by atoms with Crippen molar-refractivity contribution in [2.24, 2.45) is 11.1 Å². The van der Waals surface area contributed by atoms with Crippen molar-refractivity contribution in [1.29, 1.82) is 0 Å². The highest BCUT2D eigenvalue weighted by molar-refractivity contribution is 7.89. The molecule has 0 saturated heterocycles. The van der Waals surface area contributed by atoms with Gasteiger partial charge in [0, 0.05) is 4.88 Å². The second-order valence-corrected chi connectivity index (χ2v) is 7.61. The summed E-state index contributed by atoms with van der Waals surface area (Å²) < 4.78 is 36.5. The Morgan fingerprint density at radius 3 is 2.48 bits per heavy atom. The summed E-state index contributed by atoms with van der Waals surface area (Å²) in [6.45, 7) is 4.07. The van der Waals surface area contributed by atoms with Gasteiger partial charge in [0.15, 0.2) is 0 Å². The number of nitrogens with two attached hydrogens (primary N) is 1. The van der Waals surface area contributed by atoms with E-state index >= 15 is 0 Å². The Bertz CT molecular complexity index is 713. The van der Waals surface area contributed by atoms with Crippen molar-refractivity contribution in [2.75, 3.05) is 5.32 Å². The van der Waals surface area contributed by atoms with Crippen LogP contribution in [0.2, 0.25) is 0 Å². The fraction of sp³-hybridized carbons (Fsp3) is 0.286. The van der Waals surface area contributed by atoms with Crippen LogP contribution in [0.5, 0.6) is 0 Å². The smallest absolute Gasteiger partial charge is 0.238 e. The molecule has 0 amide bonds. The average Bonchev–Trinajstić information content (AvgIpc) is 2.89. The molecule has 1 aromatic carbocycles. The van der Waals surface area contributed by atoms with Gasteiger partial charge < -0.3 is 5.32 Å². The van der Waals surface area contributed by atoms with Gasteiger partial charge in [-0.25, -0.2) is 17.9 Å². The fourth-order valence-corrected chi connectivity index (χ4v) is 3.47. The number of thiophene rings is 1. The zero-order chi connectivity index (χ0) is 15.6. The normalized spacial score (nSPS) is 13.4. The van der Waals surface area contributed by atoms with Gasteiger partial charge in [0.2, 0.25) is 10.0 Å². The van der Waals surface area contributed by atoms with Crippen LogP contribution < -0.4 is 10.5 Å². The average molecular weight is 328 g/mol. The minimum Gasteiger partial charge on any atom is -0.375 e. The molecule has 1 heterocycles. The molecule has 1 atom stereocenters. The zero-order valence-corrected chi connectivity index (χ0v) is 13.3. The number of sulfonamides is 1. The summed E-state index contributed by atoms with van der Waals surface area (Å²) in [6, 6.07) is 7.52. The number of benzene rings is 1. The van der Waals surface area contributed by atoms with Gasteiger partial charge in [-0.05, 0) is 35.6 Å². The minimum atomic E-state index is -3.90. The predicted octanol–water partition coefficient (Wildman–Crippen LogP) is 3.34. The second kappa shape index (κ2) is 6.13. The molecule has 0 fully saturated rings. The monoisotopic (exact) mass is 328 g/mol. The van der Waals surface area contributed by atoms with Crippen LogP contribution in [0.25, 0.3) is 0 Å². The van der Waals surface area contributed by atoms with Gasteiger partial charge in [-0.2, -0.15) is 0 Å². The van der Waals surface area contributed by atoms with Crippen molar-refractivity contribution < 1.29 is 12.8 Å². The van der Waals surface area contributed by atoms with E-state index in [0.29, 0.717) is 0 Å². The Balaban J connectivity index is 2.30. The summed E-state index contributed by atoms with van der Waals surface area (Å²) in [4.78, 5) is 0.864. The molecule has 0 aliphatic carbocycles. The molecular weight excluding hydrogens is 311 g/mol. The number of anilines is 1. The van der Waals surface area contributed by atoms with Crippen LogP contribution in [0, 0.1) is 11.7 Å².